The lowest BCUT2D eigenvalue weighted by Crippen LogP contribution is -2.46. The number of nitrogens with zero attached hydrogens (tertiary/aromatic N) is 2. The van der Waals surface area contributed by atoms with E-state index in [1.54, 1.807) is 24.3 Å². The Morgan fingerprint density at radius 2 is 0.673 bits per heavy atom. The first-order valence-electron chi connectivity index (χ1n) is 40.8. The van der Waals surface area contributed by atoms with Crippen LogP contribution in [-0.2, 0) is 19.6 Å². The molecule has 1 aliphatic carbocycles. The summed E-state index contributed by atoms with van der Waals surface area (Å²) < 4.78 is 45.4. The molecule has 1 fully saturated rings. The summed E-state index contributed by atoms with van der Waals surface area (Å²) in [7, 11) is -2.23. The van der Waals surface area contributed by atoms with Gasteiger partial charge in [0.1, 0.15) is 23.1 Å². The molecule has 0 aliphatic heterocycles. The van der Waals surface area contributed by atoms with Crippen molar-refractivity contribution in [2.45, 2.75) is 264 Å². The number of hydrogen-bond acceptors (Lipinski definition) is 2. The first-order valence-corrected chi connectivity index (χ1v) is 61.8. The van der Waals surface area contributed by atoms with Gasteiger partial charge in [-0.25, -0.2) is 8.78 Å². The lowest BCUT2D eigenvalue weighted by molar-refractivity contribution is -0.0612. The van der Waals surface area contributed by atoms with Gasteiger partial charge < -0.3 is 28.1 Å². The molecule has 1 saturated carbocycles. The van der Waals surface area contributed by atoms with Gasteiger partial charge in [-0.3, -0.25) is 0 Å². The highest BCUT2D eigenvalue weighted by molar-refractivity contribution is 6.95. The molecule has 0 saturated heterocycles. The first kappa shape index (κ1) is 84.6. The largest absolute Gasteiger partial charge is 0.711 e. The Labute approximate surface area is 668 Å². The Hall–Kier alpha value is -6.28. The molecule has 2 heterocycles. The van der Waals surface area contributed by atoms with Crippen LogP contribution in [0.1, 0.15) is 141 Å². The second-order valence-corrected chi connectivity index (χ2v) is 74.1. The third kappa shape index (κ3) is 16.7. The number of phenols is 2. The quantitative estimate of drug-likeness (QED) is 0.0454. The zero-order chi connectivity index (χ0) is 81.9. The van der Waals surface area contributed by atoms with E-state index in [0.717, 1.165) is 71.7 Å². The molecule has 10 aromatic rings. The number of fused-ring (bicyclic) bond motifs is 6. The van der Waals surface area contributed by atoms with Gasteiger partial charge in [0.2, 0.25) is 11.5 Å². The Balaban J connectivity index is 1.08. The highest BCUT2D eigenvalue weighted by Gasteiger charge is 2.41. The van der Waals surface area contributed by atoms with Gasteiger partial charge in [-0.2, -0.15) is 0 Å². The number of aryl methyl sites for hydroxylation is 4. The highest BCUT2D eigenvalue weighted by atomic mass is 28.3. The molecule has 0 radical (unpaired) electrons. The van der Waals surface area contributed by atoms with Crippen LogP contribution in [-0.4, -0.2) is 81.0 Å². The summed E-state index contributed by atoms with van der Waals surface area (Å²) in [5.41, 5.74) is 13.1. The molecule has 2 unspecified atom stereocenters. The van der Waals surface area contributed by atoms with Crippen LogP contribution >= 0.6 is 0 Å². The maximum Gasteiger partial charge on any atom is 0.237 e. The highest BCUT2D eigenvalue weighted by Crippen LogP contribution is 2.54. The van der Waals surface area contributed by atoms with Crippen molar-refractivity contribution in [2.24, 2.45) is 22.7 Å². The van der Waals surface area contributed by atoms with Gasteiger partial charge in [-0.1, -0.05) is 245 Å². The van der Waals surface area contributed by atoms with E-state index in [4.69, 9.17) is 14.2 Å². The number of halogens is 2. The SMILES string of the molecule is [CH2-][O+](CC1CCCCC1C[O+]([CH2-])c1c(C)cc(F)cc1-c1cc(C(C)(C)CC(C)(C)C)cc(-n2c3cc(C)cc([Si](C)(C)C)c3c3c([Si](C)(C)C)cc([Si](C)(C)C)cc32)c1O)c1c(C)cc(F)cc1-c1cc(C(C)(C)CC(C)(C)C)cc(-n2c3cc(C)cc([Si](C)(C)C)c3c3c([Si](C)(C)C)cc([Si](C)(C)C)cc32)c1O. The van der Waals surface area contributed by atoms with E-state index >= 15 is 8.78 Å². The van der Waals surface area contributed by atoms with E-state index in [0.29, 0.717) is 69.5 Å². The molecular formula is C96H136F2N2O4Si6. The van der Waals surface area contributed by atoms with Gasteiger partial charge in [0.15, 0.2) is 13.2 Å². The number of aromatic hydroxyl groups is 2. The first-order chi connectivity index (χ1) is 50.2. The lowest BCUT2D eigenvalue weighted by atomic mass is 9.71. The molecular weight excluding hydrogens is 1450 g/mol. The Bertz CT molecular complexity index is 4940. The minimum atomic E-state index is -2.04. The molecule has 6 nitrogen and oxygen atoms in total. The van der Waals surface area contributed by atoms with Crippen LogP contribution in [0.2, 0.25) is 118 Å². The number of hydrogen-bond donors (Lipinski definition) is 2. The van der Waals surface area contributed by atoms with E-state index < -0.39 is 48.4 Å². The van der Waals surface area contributed by atoms with Crippen molar-refractivity contribution in [1.29, 1.82) is 0 Å². The maximum absolute atomic E-state index is 17.0. The van der Waals surface area contributed by atoms with Crippen LogP contribution in [0.3, 0.4) is 0 Å². The van der Waals surface area contributed by atoms with Gasteiger partial charge in [0.05, 0.1) is 93.0 Å². The summed E-state index contributed by atoms with van der Waals surface area (Å²) >= 11 is 0. The van der Waals surface area contributed by atoms with Gasteiger partial charge >= 0.3 is 0 Å². The van der Waals surface area contributed by atoms with Crippen LogP contribution in [0.4, 0.5) is 8.78 Å². The molecule has 2 N–H and O–H groups in total. The van der Waals surface area contributed by atoms with Crippen LogP contribution in [0.25, 0.3) is 77.2 Å². The molecule has 592 valence electrons. The average molecular weight is 1590 g/mol. The van der Waals surface area contributed by atoms with E-state index in [9.17, 15) is 10.2 Å². The van der Waals surface area contributed by atoms with Crippen LogP contribution < -0.4 is 31.1 Å². The topological polar surface area (TPSA) is 55.7 Å². The summed E-state index contributed by atoms with van der Waals surface area (Å²) in [5.74, 6) is 0.957. The fourth-order valence-electron chi connectivity index (χ4n) is 19.2. The molecule has 0 spiro atoms. The molecule has 0 bridgehead atoms. The van der Waals surface area contributed by atoms with Gasteiger partial charge in [0.25, 0.3) is 0 Å². The molecule has 8 aromatic carbocycles. The monoisotopic (exact) mass is 1590 g/mol. The van der Waals surface area contributed by atoms with Crippen molar-refractivity contribution < 1.29 is 27.7 Å². The number of aromatic nitrogens is 2. The van der Waals surface area contributed by atoms with E-state index in [1.807, 2.05) is 13.8 Å². The third-order valence-electron chi connectivity index (χ3n) is 23.9. The number of rotatable bonds is 20. The lowest BCUT2D eigenvalue weighted by Gasteiger charge is -2.41. The van der Waals surface area contributed by atoms with Crippen LogP contribution in [0.15, 0.2) is 97.1 Å². The Morgan fingerprint density at radius 3 is 0.955 bits per heavy atom. The van der Waals surface area contributed by atoms with Crippen molar-refractivity contribution in [1.82, 2.24) is 9.13 Å². The summed E-state index contributed by atoms with van der Waals surface area (Å²) in [5, 5.41) is 41.5. The fraction of sp³-hybridized carbons (Fsp3) is 0.479. The predicted molar refractivity (Wildman–Crippen MR) is 494 cm³/mol. The molecule has 2 atom stereocenters. The van der Waals surface area contributed by atoms with Gasteiger partial charge in [-0.15, -0.1) is 0 Å². The minimum Gasteiger partial charge on any atom is -0.711 e. The molecule has 110 heavy (non-hydrogen) atoms. The summed E-state index contributed by atoms with van der Waals surface area (Å²) in [6, 6.07) is 34.9. The normalized spacial score (nSPS) is 15.7. The summed E-state index contributed by atoms with van der Waals surface area (Å²) in [6.45, 7) is 76.7. The number of phenolic OH excluding ortho intramolecular Hbond substituents is 2. The van der Waals surface area contributed by atoms with Gasteiger partial charge in [0, 0.05) is 55.6 Å². The van der Waals surface area contributed by atoms with Crippen molar-refractivity contribution in [2.75, 3.05) is 13.2 Å². The second-order valence-electron chi connectivity index (χ2n) is 43.8. The third-order valence-corrected chi connectivity index (χ3v) is 36.0. The standard InChI is InChI=1S/C96H136F2N2O4Si6/c1-59-39-75-85(81(41-59)107(23,24)25)87-77(51-69(105(17,18)19)53-83(87)109(29,30)31)99(75)79-47-65(95(11,12)57-93(5,6)7)45-71(89(79)101)73-49-67(97)43-61(3)91(73)103(15)55-63-37-35-36-38-64(63)56-104(16)92-62(4)44-68(98)50-74(92)72-46-66(96(13,14)58-94(8,9)10)48-80(90(72)102)100-76-40-60(2)42-82(108(26,27)28)86(76)88-78(100)52-70(106(20,21)22)54-84(88)110(32,33)34/h39-54,63-64,101-102H,15-16,35-38,55-58H2,1-14,17-34H3. The maximum atomic E-state index is 17.0. The molecule has 11 rings (SSSR count). The Morgan fingerprint density at radius 1 is 0.382 bits per heavy atom. The second kappa shape index (κ2) is 28.9. The van der Waals surface area contributed by atoms with Crippen molar-refractivity contribution in [3.63, 3.8) is 0 Å². The number of benzene rings is 8. The van der Waals surface area contributed by atoms with E-state index in [-0.39, 0.29) is 56.6 Å². The van der Waals surface area contributed by atoms with Crippen molar-refractivity contribution in [3.8, 4) is 56.6 Å². The predicted octanol–water partition coefficient (Wildman–Crippen LogP) is 25.5. The molecule has 2 aromatic heterocycles. The smallest absolute Gasteiger partial charge is 0.237 e. The molecule has 1 aliphatic rings. The summed E-state index contributed by atoms with van der Waals surface area (Å²) in [6.07, 6.45) is 5.57. The van der Waals surface area contributed by atoms with Crippen molar-refractivity contribution >= 4 is 123 Å². The van der Waals surface area contributed by atoms with E-state index in [2.05, 4.69) is 292 Å². The minimum absolute atomic E-state index is 0.0481. The average Bonchev–Trinajstić information content (AvgIpc) is 1.55. The van der Waals surface area contributed by atoms with Gasteiger partial charge in [-0.05, 0) is 195 Å². The van der Waals surface area contributed by atoms with E-state index in [1.165, 1.54) is 63.8 Å². The summed E-state index contributed by atoms with van der Waals surface area (Å²) in [4.78, 5) is 0. The van der Waals surface area contributed by atoms with Crippen LogP contribution in [0.5, 0.6) is 23.0 Å². The molecule has 14 heteroatoms. The fourth-order valence-corrected chi connectivity index (χ4v) is 28.3. The zero-order valence-corrected chi connectivity index (χ0v) is 79.8. The van der Waals surface area contributed by atoms with Crippen LogP contribution in [0, 0.1) is 76.2 Å². The molecule has 0 amide bonds. The Kier molecular flexibility index (Phi) is 22.2. The van der Waals surface area contributed by atoms with Crippen molar-refractivity contribution in [3.05, 3.63) is 156 Å². The zero-order valence-electron chi connectivity index (χ0n) is 73.8.